The number of nitriles is 3. The lowest BCUT2D eigenvalue weighted by atomic mass is 9.54. The number of nitrogens with zero attached hydrogens (tertiary/aromatic N) is 3. The molecule has 0 spiro atoms. The van der Waals surface area contributed by atoms with Crippen LogP contribution in [-0.4, -0.2) is 5.90 Å². The van der Waals surface area contributed by atoms with E-state index < -0.39 is 34.5 Å². The second-order valence-corrected chi connectivity index (χ2v) is 7.58. The fraction of sp³-hybridized carbons (Fsp3) is 0.364. The summed E-state index contributed by atoms with van der Waals surface area (Å²) >= 11 is 0. The lowest BCUT2D eigenvalue weighted by molar-refractivity contribution is -0.292. The van der Waals surface area contributed by atoms with Crippen molar-refractivity contribution in [2.75, 3.05) is 0 Å². The van der Waals surface area contributed by atoms with Gasteiger partial charge in [0.25, 0.3) is 0 Å². The molecule has 2 saturated heterocycles. The third-order valence-electron chi connectivity index (χ3n) is 6.14. The molecule has 7 nitrogen and oxygen atoms in total. The first-order valence-electron chi connectivity index (χ1n) is 9.14. The normalized spacial score (nSPS) is 31.9. The standard InChI is InChI=1S/C22H18N4O3/c1-13-4-7-16(8-5-13)22-15(3)21(12-25,19(26)29-22)20(10-23,11-24)18(28-22)17-9-6-14(2)27-17/h4-9,15,18,26H,1-3H3. The molecule has 2 aliphatic heterocycles. The summed E-state index contributed by atoms with van der Waals surface area (Å²) in [7, 11) is 0. The summed E-state index contributed by atoms with van der Waals surface area (Å²) in [5.74, 6) is -1.91. The van der Waals surface area contributed by atoms with Crippen LogP contribution in [0.3, 0.4) is 0 Å². The molecule has 1 N–H and O–H groups in total. The molecule has 144 valence electrons. The highest BCUT2D eigenvalue weighted by molar-refractivity contribution is 5.89. The number of furan rings is 1. The molecule has 1 aromatic carbocycles. The van der Waals surface area contributed by atoms with Crippen molar-refractivity contribution in [3.05, 3.63) is 59.0 Å². The first kappa shape index (κ1) is 18.7. The van der Waals surface area contributed by atoms with Crippen LogP contribution in [0.1, 0.15) is 35.7 Å². The van der Waals surface area contributed by atoms with Crippen LogP contribution in [0.15, 0.2) is 40.8 Å². The minimum atomic E-state index is -2.02. The highest BCUT2D eigenvalue weighted by atomic mass is 16.7. The van der Waals surface area contributed by atoms with E-state index in [0.29, 0.717) is 11.3 Å². The zero-order chi connectivity index (χ0) is 21.0. The van der Waals surface area contributed by atoms with Gasteiger partial charge in [0.1, 0.15) is 11.5 Å². The van der Waals surface area contributed by atoms with Crippen molar-refractivity contribution in [2.24, 2.45) is 16.7 Å². The Balaban J connectivity index is 2.03. The summed E-state index contributed by atoms with van der Waals surface area (Å²) in [6, 6.07) is 16.8. The molecule has 7 heteroatoms. The van der Waals surface area contributed by atoms with Crippen molar-refractivity contribution in [1.82, 2.24) is 0 Å². The number of hydrogen-bond acceptors (Lipinski definition) is 7. The van der Waals surface area contributed by atoms with Crippen molar-refractivity contribution in [3.63, 3.8) is 0 Å². The van der Waals surface area contributed by atoms with Crippen LogP contribution in [0.4, 0.5) is 0 Å². The highest BCUT2D eigenvalue weighted by Gasteiger charge is 2.80. The Hall–Kier alpha value is -3.60. The molecule has 1 aromatic heterocycles. The molecule has 2 fully saturated rings. The monoisotopic (exact) mass is 386 g/mol. The Morgan fingerprint density at radius 3 is 2.14 bits per heavy atom. The molecular formula is C22H18N4O3. The quantitative estimate of drug-likeness (QED) is 0.831. The Kier molecular flexibility index (Phi) is 3.84. The van der Waals surface area contributed by atoms with Crippen LogP contribution in [0.5, 0.6) is 0 Å². The molecule has 0 aliphatic carbocycles. The van der Waals surface area contributed by atoms with E-state index in [0.717, 1.165) is 5.56 Å². The Morgan fingerprint density at radius 2 is 1.62 bits per heavy atom. The van der Waals surface area contributed by atoms with E-state index in [1.165, 1.54) is 0 Å². The van der Waals surface area contributed by atoms with Gasteiger partial charge in [-0.3, -0.25) is 5.41 Å². The molecule has 4 atom stereocenters. The Morgan fingerprint density at radius 1 is 0.966 bits per heavy atom. The van der Waals surface area contributed by atoms with Gasteiger partial charge in [0.15, 0.2) is 11.5 Å². The van der Waals surface area contributed by atoms with Crippen LogP contribution in [0.25, 0.3) is 0 Å². The van der Waals surface area contributed by atoms with Gasteiger partial charge in [-0.05, 0) is 26.0 Å². The molecule has 29 heavy (non-hydrogen) atoms. The highest BCUT2D eigenvalue weighted by Crippen LogP contribution is 2.69. The summed E-state index contributed by atoms with van der Waals surface area (Å²) in [4.78, 5) is 0. The third-order valence-corrected chi connectivity index (χ3v) is 6.14. The first-order valence-corrected chi connectivity index (χ1v) is 9.14. The SMILES string of the molecule is Cc1ccc(C23OC(=N)C(C#N)(C2C)C(C#N)(C#N)C(c2ccc(C)o2)O3)cc1. The second kappa shape index (κ2) is 5.95. The van der Waals surface area contributed by atoms with Gasteiger partial charge in [0, 0.05) is 5.56 Å². The van der Waals surface area contributed by atoms with Gasteiger partial charge >= 0.3 is 0 Å². The van der Waals surface area contributed by atoms with Crippen LogP contribution >= 0.6 is 0 Å². The van der Waals surface area contributed by atoms with Gasteiger partial charge in [-0.2, -0.15) is 15.8 Å². The lowest BCUT2D eigenvalue weighted by Crippen LogP contribution is -2.57. The topological polar surface area (TPSA) is 127 Å². The van der Waals surface area contributed by atoms with Crippen LogP contribution in [0.2, 0.25) is 0 Å². The van der Waals surface area contributed by atoms with Crippen LogP contribution < -0.4 is 0 Å². The molecule has 0 saturated carbocycles. The van der Waals surface area contributed by atoms with Crippen molar-refractivity contribution < 1.29 is 13.9 Å². The van der Waals surface area contributed by atoms with E-state index >= 15 is 0 Å². The number of nitrogens with one attached hydrogen (secondary N) is 1. The number of fused-ring (bicyclic) bond motifs is 2. The van der Waals surface area contributed by atoms with Crippen molar-refractivity contribution in [3.8, 4) is 18.2 Å². The van der Waals surface area contributed by atoms with Gasteiger partial charge in [-0.1, -0.05) is 36.8 Å². The smallest absolute Gasteiger partial charge is 0.244 e. The average molecular weight is 386 g/mol. The minimum Gasteiger partial charge on any atom is -0.464 e. The van der Waals surface area contributed by atoms with E-state index in [4.69, 9.17) is 19.3 Å². The lowest BCUT2D eigenvalue weighted by Gasteiger charge is -2.48. The largest absolute Gasteiger partial charge is 0.464 e. The van der Waals surface area contributed by atoms with Gasteiger partial charge < -0.3 is 13.9 Å². The number of benzene rings is 1. The van der Waals surface area contributed by atoms with Crippen molar-refractivity contribution in [1.29, 1.82) is 21.2 Å². The van der Waals surface area contributed by atoms with Gasteiger partial charge in [0.05, 0.1) is 24.1 Å². The number of hydrogen-bond donors (Lipinski definition) is 1. The van der Waals surface area contributed by atoms with Gasteiger partial charge in [0.2, 0.25) is 17.1 Å². The van der Waals surface area contributed by atoms with E-state index in [9.17, 15) is 15.8 Å². The van der Waals surface area contributed by atoms with Crippen molar-refractivity contribution in [2.45, 2.75) is 32.7 Å². The Bertz CT molecular complexity index is 1120. The summed E-state index contributed by atoms with van der Waals surface area (Å²) in [6.07, 6.45) is -1.22. The number of aryl methyl sites for hydroxylation is 2. The van der Waals surface area contributed by atoms with Gasteiger partial charge in [-0.25, -0.2) is 0 Å². The maximum absolute atomic E-state index is 10.2. The molecule has 2 bridgehead atoms. The molecule has 2 aliphatic rings. The van der Waals surface area contributed by atoms with E-state index in [1.54, 1.807) is 26.0 Å². The molecule has 4 unspecified atom stereocenters. The molecule has 0 radical (unpaired) electrons. The van der Waals surface area contributed by atoms with Gasteiger partial charge in [-0.15, -0.1) is 0 Å². The van der Waals surface area contributed by atoms with Crippen molar-refractivity contribution >= 4 is 5.90 Å². The predicted molar refractivity (Wildman–Crippen MR) is 99.8 cm³/mol. The summed E-state index contributed by atoms with van der Waals surface area (Å²) in [5.41, 5.74) is -2.22. The average Bonchev–Trinajstić information content (AvgIpc) is 3.21. The molecule has 3 heterocycles. The molecular weight excluding hydrogens is 368 g/mol. The fourth-order valence-corrected chi connectivity index (χ4v) is 4.50. The molecule has 2 aromatic rings. The van der Waals surface area contributed by atoms with E-state index in [-0.39, 0.29) is 5.76 Å². The second-order valence-electron chi connectivity index (χ2n) is 7.58. The van der Waals surface area contributed by atoms with Crippen LogP contribution in [0, 0.1) is 70.0 Å². The van der Waals surface area contributed by atoms with Crippen LogP contribution in [-0.2, 0) is 15.3 Å². The first-order chi connectivity index (χ1) is 13.8. The molecule has 0 amide bonds. The fourth-order valence-electron chi connectivity index (χ4n) is 4.50. The van der Waals surface area contributed by atoms with E-state index in [2.05, 4.69) is 6.07 Å². The summed E-state index contributed by atoms with van der Waals surface area (Å²) in [6.45, 7) is 5.35. The third kappa shape index (κ3) is 2.04. The summed E-state index contributed by atoms with van der Waals surface area (Å²) < 4.78 is 18.0. The maximum atomic E-state index is 10.2. The minimum absolute atomic E-state index is 0.243. The predicted octanol–water partition coefficient (Wildman–Crippen LogP) is 4.01. The summed E-state index contributed by atoms with van der Waals surface area (Å²) in [5, 5.41) is 39.0. The zero-order valence-electron chi connectivity index (χ0n) is 16.2. The number of ether oxygens (including phenoxy) is 2. The molecule has 4 rings (SSSR count). The Labute approximate surface area is 168 Å². The number of rotatable bonds is 2. The zero-order valence-corrected chi connectivity index (χ0v) is 16.2. The maximum Gasteiger partial charge on any atom is 0.244 e. The van der Waals surface area contributed by atoms with E-state index in [1.807, 2.05) is 43.3 Å².